The molecule has 1 fully saturated rings. The normalized spacial score (nSPS) is 17.0. The summed E-state index contributed by atoms with van der Waals surface area (Å²) in [5.74, 6) is 0. The van der Waals surface area contributed by atoms with Gasteiger partial charge >= 0.3 is 0 Å². The average Bonchev–Trinajstić information content (AvgIpc) is 2.83. The quantitative estimate of drug-likeness (QED) is 0.902. The zero-order chi connectivity index (χ0) is 14.1. The Morgan fingerprint density at radius 3 is 2.80 bits per heavy atom. The van der Waals surface area contributed by atoms with E-state index in [1.165, 1.54) is 0 Å². The van der Waals surface area contributed by atoms with E-state index in [0.717, 1.165) is 48.5 Å². The fourth-order valence-corrected chi connectivity index (χ4v) is 2.81. The first-order chi connectivity index (χ1) is 9.65. The Bertz CT molecular complexity index is 596. The fourth-order valence-electron chi connectivity index (χ4n) is 2.81. The van der Waals surface area contributed by atoms with E-state index in [9.17, 15) is 0 Å². The van der Waals surface area contributed by atoms with Gasteiger partial charge in [-0.05, 0) is 52.8 Å². The van der Waals surface area contributed by atoms with Gasteiger partial charge in [-0.1, -0.05) is 0 Å². The molecule has 3 heterocycles. The largest absolute Gasteiger partial charge is 0.380 e. The van der Waals surface area contributed by atoms with E-state index in [0.29, 0.717) is 12.1 Å². The molecular formula is C15H23N5. The van der Waals surface area contributed by atoms with Crippen LogP contribution in [0.1, 0.15) is 38.4 Å². The summed E-state index contributed by atoms with van der Waals surface area (Å²) in [5, 5.41) is 7.06. The first kappa shape index (κ1) is 13.4. The summed E-state index contributed by atoms with van der Waals surface area (Å²) in [6.07, 6.45) is 4.22. The number of nitrogens with zero attached hydrogens (tertiary/aromatic N) is 3. The lowest BCUT2D eigenvalue weighted by Crippen LogP contribution is -2.35. The number of imidazole rings is 1. The van der Waals surface area contributed by atoms with Crippen LogP contribution in [0.4, 0.5) is 5.69 Å². The van der Waals surface area contributed by atoms with Crippen LogP contribution in [0.2, 0.25) is 0 Å². The SMILES string of the molecule is Cc1cc(NC2CCNCC2)c2ncn(C(C)C)c2n1. The van der Waals surface area contributed by atoms with Gasteiger partial charge in [0, 0.05) is 17.8 Å². The molecule has 1 aliphatic rings. The molecule has 20 heavy (non-hydrogen) atoms. The highest BCUT2D eigenvalue weighted by atomic mass is 15.1. The second-order valence-corrected chi connectivity index (χ2v) is 5.90. The molecule has 5 nitrogen and oxygen atoms in total. The van der Waals surface area contributed by atoms with E-state index in [-0.39, 0.29) is 0 Å². The molecule has 0 atom stereocenters. The Kier molecular flexibility index (Phi) is 3.61. The zero-order valence-electron chi connectivity index (χ0n) is 12.5. The number of hydrogen-bond donors (Lipinski definition) is 2. The van der Waals surface area contributed by atoms with E-state index in [4.69, 9.17) is 0 Å². The van der Waals surface area contributed by atoms with Crippen LogP contribution in [0.3, 0.4) is 0 Å². The van der Waals surface area contributed by atoms with Gasteiger partial charge in [0.15, 0.2) is 5.65 Å². The van der Waals surface area contributed by atoms with Gasteiger partial charge in [0.25, 0.3) is 0 Å². The smallest absolute Gasteiger partial charge is 0.162 e. The number of aryl methyl sites for hydroxylation is 1. The number of pyridine rings is 1. The lowest BCUT2D eigenvalue weighted by Gasteiger charge is -2.25. The predicted molar refractivity (Wildman–Crippen MR) is 82.2 cm³/mol. The standard InChI is InChI=1S/C15H23N5/c1-10(2)20-9-17-14-13(8-11(3)18-15(14)20)19-12-4-6-16-7-5-12/h8-10,12,16H,4-7H2,1-3H3,(H,18,19). The lowest BCUT2D eigenvalue weighted by molar-refractivity contribution is 0.479. The Hall–Kier alpha value is -1.62. The molecule has 0 spiro atoms. The first-order valence-corrected chi connectivity index (χ1v) is 7.46. The van der Waals surface area contributed by atoms with Crippen molar-refractivity contribution in [3.05, 3.63) is 18.1 Å². The summed E-state index contributed by atoms with van der Waals surface area (Å²) in [4.78, 5) is 9.23. The zero-order valence-corrected chi connectivity index (χ0v) is 12.5. The average molecular weight is 273 g/mol. The van der Waals surface area contributed by atoms with Crippen LogP contribution in [-0.2, 0) is 0 Å². The Balaban J connectivity index is 1.97. The van der Waals surface area contributed by atoms with Crippen molar-refractivity contribution < 1.29 is 0 Å². The van der Waals surface area contributed by atoms with Gasteiger partial charge in [-0.25, -0.2) is 9.97 Å². The second kappa shape index (κ2) is 5.40. The minimum atomic E-state index is 0.376. The molecule has 108 valence electrons. The van der Waals surface area contributed by atoms with Crippen molar-refractivity contribution in [1.82, 2.24) is 19.9 Å². The highest BCUT2D eigenvalue weighted by molar-refractivity contribution is 5.86. The molecule has 2 aromatic rings. The van der Waals surface area contributed by atoms with Crippen LogP contribution in [-0.4, -0.2) is 33.7 Å². The molecular weight excluding hydrogens is 250 g/mol. The highest BCUT2D eigenvalue weighted by Crippen LogP contribution is 2.25. The number of hydrogen-bond acceptors (Lipinski definition) is 4. The van der Waals surface area contributed by atoms with E-state index in [1.807, 2.05) is 13.3 Å². The molecule has 0 bridgehead atoms. The Morgan fingerprint density at radius 2 is 2.10 bits per heavy atom. The fraction of sp³-hybridized carbons (Fsp3) is 0.600. The van der Waals surface area contributed by atoms with Gasteiger partial charge in [0.05, 0.1) is 12.0 Å². The van der Waals surface area contributed by atoms with Gasteiger partial charge in [0.2, 0.25) is 0 Å². The number of piperidine rings is 1. The number of nitrogens with one attached hydrogen (secondary N) is 2. The molecule has 0 unspecified atom stereocenters. The number of fused-ring (bicyclic) bond motifs is 1. The van der Waals surface area contributed by atoms with Crippen molar-refractivity contribution in [2.45, 2.75) is 45.7 Å². The van der Waals surface area contributed by atoms with Crippen molar-refractivity contribution in [2.75, 3.05) is 18.4 Å². The van der Waals surface area contributed by atoms with Crippen LogP contribution in [0, 0.1) is 6.92 Å². The lowest BCUT2D eigenvalue weighted by atomic mass is 10.1. The van der Waals surface area contributed by atoms with Gasteiger partial charge in [-0.2, -0.15) is 0 Å². The van der Waals surface area contributed by atoms with Crippen molar-refractivity contribution >= 4 is 16.9 Å². The van der Waals surface area contributed by atoms with E-state index >= 15 is 0 Å². The first-order valence-electron chi connectivity index (χ1n) is 7.46. The second-order valence-electron chi connectivity index (χ2n) is 5.90. The van der Waals surface area contributed by atoms with Crippen LogP contribution in [0.5, 0.6) is 0 Å². The van der Waals surface area contributed by atoms with Crippen molar-refractivity contribution in [3.63, 3.8) is 0 Å². The topological polar surface area (TPSA) is 54.8 Å². The molecule has 0 aliphatic carbocycles. The van der Waals surface area contributed by atoms with Crippen LogP contribution >= 0.6 is 0 Å². The molecule has 0 aromatic carbocycles. The molecule has 5 heteroatoms. The molecule has 0 radical (unpaired) electrons. The Labute approximate surface area is 119 Å². The van der Waals surface area contributed by atoms with E-state index in [1.54, 1.807) is 0 Å². The third kappa shape index (κ3) is 2.50. The minimum absolute atomic E-state index is 0.376. The highest BCUT2D eigenvalue weighted by Gasteiger charge is 2.17. The van der Waals surface area contributed by atoms with Crippen molar-refractivity contribution in [2.24, 2.45) is 0 Å². The maximum atomic E-state index is 4.66. The summed E-state index contributed by atoms with van der Waals surface area (Å²) in [6, 6.07) is 3.02. The minimum Gasteiger partial charge on any atom is -0.380 e. The summed E-state index contributed by atoms with van der Waals surface area (Å²) in [7, 11) is 0. The van der Waals surface area contributed by atoms with Crippen molar-refractivity contribution in [3.8, 4) is 0 Å². The van der Waals surface area contributed by atoms with Gasteiger partial charge in [0.1, 0.15) is 5.52 Å². The van der Waals surface area contributed by atoms with Crippen LogP contribution < -0.4 is 10.6 Å². The monoisotopic (exact) mass is 273 g/mol. The van der Waals surface area contributed by atoms with Gasteiger partial charge < -0.3 is 15.2 Å². The maximum absolute atomic E-state index is 4.66. The summed E-state index contributed by atoms with van der Waals surface area (Å²) < 4.78 is 2.13. The van der Waals surface area contributed by atoms with Gasteiger partial charge in [-0.3, -0.25) is 0 Å². The molecule has 1 aliphatic heterocycles. The predicted octanol–water partition coefficient (Wildman–Crippen LogP) is 2.48. The molecule has 0 amide bonds. The van der Waals surface area contributed by atoms with E-state index in [2.05, 4.69) is 45.1 Å². The molecule has 2 N–H and O–H groups in total. The molecule has 1 saturated heterocycles. The Morgan fingerprint density at radius 1 is 1.35 bits per heavy atom. The third-order valence-electron chi connectivity index (χ3n) is 3.91. The summed E-state index contributed by atoms with van der Waals surface area (Å²) in [5.41, 5.74) is 4.13. The summed E-state index contributed by atoms with van der Waals surface area (Å²) in [6.45, 7) is 8.54. The van der Waals surface area contributed by atoms with Crippen LogP contribution in [0.25, 0.3) is 11.2 Å². The third-order valence-corrected chi connectivity index (χ3v) is 3.91. The number of rotatable bonds is 3. The number of anilines is 1. The van der Waals surface area contributed by atoms with E-state index < -0.39 is 0 Å². The molecule has 3 rings (SSSR count). The van der Waals surface area contributed by atoms with Crippen LogP contribution in [0.15, 0.2) is 12.4 Å². The molecule has 0 saturated carbocycles. The maximum Gasteiger partial charge on any atom is 0.162 e. The molecule has 2 aromatic heterocycles. The summed E-state index contributed by atoms with van der Waals surface area (Å²) >= 11 is 0. The van der Waals surface area contributed by atoms with Gasteiger partial charge in [-0.15, -0.1) is 0 Å². The number of aromatic nitrogens is 3. The van der Waals surface area contributed by atoms with Crippen molar-refractivity contribution in [1.29, 1.82) is 0 Å².